The summed E-state index contributed by atoms with van der Waals surface area (Å²) >= 11 is 5.88. The molecular weight excluding hydrogens is 316 g/mol. The van der Waals surface area contributed by atoms with Gasteiger partial charge in [0, 0.05) is 17.5 Å². The summed E-state index contributed by atoms with van der Waals surface area (Å²) in [4.78, 5) is 29.8. The average molecular weight is 329 g/mol. The number of hydrogen-bond donors (Lipinski definition) is 0. The lowest BCUT2D eigenvalue weighted by atomic mass is 10.1. The third-order valence-electron chi connectivity index (χ3n) is 3.42. The van der Waals surface area contributed by atoms with E-state index < -0.39 is 5.97 Å². The lowest BCUT2D eigenvalue weighted by Crippen LogP contribution is -2.29. The highest BCUT2D eigenvalue weighted by molar-refractivity contribution is 6.54. The zero-order chi connectivity index (χ0) is 16.4. The van der Waals surface area contributed by atoms with Gasteiger partial charge in [0.2, 0.25) is 0 Å². The van der Waals surface area contributed by atoms with Crippen LogP contribution in [-0.2, 0) is 21.0 Å². The van der Waals surface area contributed by atoms with Crippen molar-refractivity contribution in [1.29, 1.82) is 0 Å². The number of rotatable bonds is 3. The highest BCUT2D eigenvalue weighted by atomic mass is 35.5. The number of carbonyl (C=O) groups excluding carboxylic acids is 2. The molecule has 116 valence electrons. The van der Waals surface area contributed by atoms with E-state index in [1.807, 2.05) is 24.3 Å². The largest absolute Gasteiger partial charge is 0.332 e. The van der Waals surface area contributed by atoms with Crippen molar-refractivity contribution in [2.45, 2.75) is 13.5 Å². The number of anilines is 1. The van der Waals surface area contributed by atoms with Gasteiger partial charge >= 0.3 is 5.97 Å². The molecule has 6 heteroatoms. The van der Waals surface area contributed by atoms with E-state index in [1.165, 1.54) is 6.92 Å². The molecule has 0 saturated heterocycles. The second kappa shape index (κ2) is 6.22. The fourth-order valence-corrected chi connectivity index (χ4v) is 2.52. The fourth-order valence-electron chi connectivity index (χ4n) is 2.39. The quantitative estimate of drug-likeness (QED) is 0.642. The molecule has 1 heterocycles. The van der Waals surface area contributed by atoms with Crippen LogP contribution in [0.4, 0.5) is 5.69 Å². The van der Waals surface area contributed by atoms with Gasteiger partial charge in [0.05, 0.1) is 12.2 Å². The minimum atomic E-state index is -0.570. The molecule has 5 nitrogen and oxygen atoms in total. The Morgan fingerprint density at radius 3 is 2.57 bits per heavy atom. The molecule has 3 rings (SSSR count). The Balaban J connectivity index is 1.95. The van der Waals surface area contributed by atoms with Gasteiger partial charge in [-0.3, -0.25) is 4.79 Å². The first-order valence-corrected chi connectivity index (χ1v) is 7.35. The molecule has 0 unspecified atom stereocenters. The number of oxime groups is 1. The standard InChI is InChI=1S/C17H13ClN2O3/c1-11(21)23-19-16-14-4-2-3-5-15(14)20(17(16)22)10-12-6-8-13(18)9-7-12/h2-9H,10H2,1H3. The van der Waals surface area contributed by atoms with Crippen molar-refractivity contribution >= 4 is 34.9 Å². The first-order valence-electron chi connectivity index (χ1n) is 6.97. The summed E-state index contributed by atoms with van der Waals surface area (Å²) in [6.45, 7) is 1.62. The summed E-state index contributed by atoms with van der Waals surface area (Å²) in [6, 6.07) is 14.5. The minimum Gasteiger partial charge on any atom is -0.318 e. The second-order valence-corrected chi connectivity index (χ2v) is 5.49. The molecule has 1 aliphatic heterocycles. The number of fused-ring (bicyclic) bond motifs is 1. The van der Waals surface area contributed by atoms with Crippen LogP contribution in [0.2, 0.25) is 5.02 Å². The smallest absolute Gasteiger partial charge is 0.318 e. The van der Waals surface area contributed by atoms with Crippen molar-refractivity contribution in [2.75, 3.05) is 4.90 Å². The summed E-state index contributed by atoms with van der Waals surface area (Å²) in [5.41, 5.74) is 2.45. The first kappa shape index (κ1) is 15.2. The number of nitrogens with zero attached hydrogens (tertiary/aromatic N) is 2. The number of amides is 1. The summed E-state index contributed by atoms with van der Waals surface area (Å²) in [5.74, 6) is -0.874. The van der Waals surface area contributed by atoms with Crippen molar-refractivity contribution in [1.82, 2.24) is 0 Å². The van der Waals surface area contributed by atoms with E-state index >= 15 is 0 Å². The predicted molar refractivity (Wildman–Crippen MR) is 87.4 cm³/mol. The lowest BCUT2D eigenvalue weighted by Gasteiger charge is -2.16. The molecule has 0 radical (unpaired) electrons. The van der Waals surface area contributed by atoms with Crippen LogP contribution in [0.1, 0.15) is 18.1 Å². The molecule has 1 amide bonds. The van der Waals surface area contributed by atoms with Crippen LogP contribution in [0.15, 0.2) is 53.7 Å². The maximum Gasteiger partial charge on any atom is 0.332 e. The molecule has 23 heavy (non-hydrogen) atoms. The third-order valence-corrected chi connectivity index (χ3v) is 3.67. The van der Waals surface area contributed by atoms with Crippen molar-refractivity contribution in [3.8, 4) is 0 Å². The lowest BCUT2D eigenvalue weighted by molar-refractivity contribution is -0.140. The second-order valence-electron chi connectivity index (χ2n) is 5.06. The predicted octanol–water partition coefficient (Wildman–Crippen LogP) is 3.15. The van der Waals surface area contributed by atoms with Gasteiger partial charge in [-0.25, -0.2) is 4.79 Å². The molecule has 0 bridgehead atoms. The van der Waals surface area contributed by atoms with Crippen molar-refractivity contribution < 1.29 is 14.4 Å². The van der Waals surface area contributed by atoms with E-state index in [4.69, 9.17) is 11.6 Å². The molecule has 1 aliphatic rings. The highest BCUT2D eigenvalue weighted by Gasteiger charge is 2.34. The molecule has 0 atom stereocenters. The van der Waals surface area contributed by atoms with Crippen LogP contribution in [0, 0.1) is 0 Å². The van der Waals surface area contributed by atoms with Crippen molar-refractivity contribution in [3.05, 3.63) is 64.7 Å². The Hall–Kier alpha value is -2.66. The van der Waals surface area contributed by atoms with Gasteiger partial charge in [0.15, 0.2) is 5.71 Å². The molecule has 0 spiro atoms. The van der Waals surface area contributed by atoms with E-state index in [0.29, 0.717) is 17.1 Å². The Bertz CT molecular complexity index is 800. The SMILES string of the molecule is CC(=O)ON=C1C(=O)N(Cc2ccc(Cl)cc2)c2ccccc21. The molecule has 2 aromatic rings. The molecule has 2 aromatic carbocycles. The zero-order valence-electron chi connectivity index (χ0n) is 12.3. The third kappa shape index (κ3) is 3.10. The van der Waals surface area contributed by atoms with Crippen LogP contribution < -0.4 is 4.90 Å². The molecule has 0 saturated carbocycles. The van der Waals surface area contributed by atoms with E-state index in [1.54, 1.807) is 29.2 Å². The summed E-state index contributed by atoms with van der Waals surface area (Å²) in [5, 5.41) is 4.34. The first-order chi connectivity index (χ1) is 11.1. The van der Waals surface area contributed by atoms with Crippen LogP contribution in [0.3, 0.4) is 0 Å². The number of halogens is 1. The topological polar surface area (TPSA) is 59.0 Å². The number of benzene rings is 2. The number of carbonyl (C=O) groups is 2. The van der Waals surface area contributed by atoms with Gasteiger partial charge in [0.25, 0.3) is 5.91 Å². The van der Waals surface area contributed by atoms with Crippen LogP contribution in [-0.4, -0.2) is 17.6 Å². The average Bonchev–Trinajstić information content (AvgIpc) is 2.80. The normalized spacial score (nSPS) is 15.0. The Labute approximate surface area is 138 Å². The van der Waals surface area contributed by atoms with Crippen LogP contribution in [0.25, 0.3) is 0 Å². The maximum absolute atomic E-state index is 12.6. The molecule has 0 fully saturated rings. The highest BCUT2D eigenvalue weighted by Crippen LogP contribution is 2.30. The summed E-state index contributed by atoms with van der Waals surface area (Å²) in [7, 11) is 0. The Morgan fingerprint density at radius 2 is 1.87 bits per heavy atom. The van der Waals surface area contributed by atoms with Gasteiger partial charge < -0.3 is 9.74 Å². The van der Waals surface area contributed by atoms with E-state index in [9.17, 15) is 9.59 Å². The molecule has 0 aromatic heterocycles. The van der Waals surface area contributed by atoms with Gasteiger partial charge in [-0.2, -0.15) is 0 Å². The monoisotopic (exact) mass is 328 g/mol. The van der Waals surface area contributed by atoms with Gasteiger partial charge in [-0.1, -0.05) is 47.1 Å². The van der Waals surface area contributed by atoms with Crippen molar-refractivity contribution in [2.24, 2.45) is 5.16 Å². The molecule has 0 aliphatic carbocycles. The summed E-state index contributed by atoms with van der Waals surface area (Å²) < 4.78 is 0. The van der Waals surface area contributed by atoms with Gasteiger partial charge in [-0.05, 0) is 23.8 Å². The van der Waals surface area contributed by atoms with Gasteiger partial charge in [-0.15, -0.1) is 0 Å². The zero-order valence-corrected chi connectivity index (χ0v) is 13.1. The Morgan fingerprint density at radius 1 is 1.17 bits per heavy atom. The number of hydrogen-bond acceptors (Lipinski definition) is 4. The summed E-state index contributed by atoms with van der Waals surface area (Å²) in [6.07, 6.45) is 0. The van der Waals surface area contributed by atoms with Crippen molar-refractivity contribution in [3.63, 3.8) is 0 Å². The van der Waals surface area contributed by atoms with Crippen LogP contribution in [0.5, 0.6) is 0 Å². The van der Waals surface area contributed by atoms with E-state index in [0.717, 1.165) is 11.3 Å². The van der Waals surface area contributed by atoms with E-state index in [-0.39, 0.29) is 11.6 Å². The molecular formula is C17H13ClN2O3. The number of para-hydroxylation sites is 1. The minimum absolute atomic E-state index is 0.129. The van der Waals surface area contributed by atoms with E-state index in [2.05, 4.69) is 9.99 Å². The molecule has 0 N–H and O–H groups in total. The fraction of sp³-hybridized carbons (Fsp3) is 0.118. The van der Waals surface area contributed by atoms with Gasteiger partial charge in [0.1, 0.15) is 0 Å². The Kier molecular flexibility index (Phi) is 4.12. The maximum atomic E-state index is 12.6. The van der Waals surface area contributed by atoms with Crippen LogP contribution >= 0.6 is 11.6 Å².